The monoisotopic (exact) mass is 492 g/mol. The van der Waals surface area contributed by atoms with Crippen LogP contribution in [0.4, 0.5) is 13.2 Å². The number of piperazine rings is 1. The van der Waals surface area contributed by atoms with Crippen molar-refractivity contribution < 1.29 is 17.9 Å². The van der Waals surface area contributed by atoms with Gasteiger partial charge in [-0.2, -0.15) is 0 Å². The van der Waals surface area contributed by atoms with Crippen LogP contribution in [-0.2, 0) is 0 Å². The fourth-order valence-electron chi connectivity index (χ4n) is 3.10. The van der Waals surface area contributed by atoms with Crippen molar-refractivity contribution in [2.24, 2.45) is 0 Å². The Morgan fingerprint density at radius 1 is 1.00 bits per heavy atom. The largest absolute Gasteiger partial charge is 0.573 e. The molecule has 26 heavy (non-hydrogen) atoms. The summed E-state index contributed by atoms with van der Waals surface area (Å²) in [5.74, 6) is -0.214. The number of halogens is 5. The molecule has 1 N–H and O–H groups in total. The van der Waals surface area contributed by atoms with Gasteiger partial charge in [0, 0.05) is 35.1 Å². The fraction of sp³-hybridized carbons (Fsp3) is 0.333. The van der Waals surface area contributed by atoms with Gasteiger partial charge in [-0.05, 0) is 41.5 Å². The SMILES string of the molecule is FC(F)(F)Oc1ccc([C@H](c2cc(Br)ccc2Br)N2CCNCC2)cc1. The highest BCUT2D eigenvalue weighted by atomic mass is 79.9. The summed E-state index contributed by atoms with van der Waals surface area (Å²) in [4.78, 5) is 2.32. The minimum atomic E-state index is -4.69. The van der Waals surface area contributed by atoms with E-state index in [-0.39, 0.29) is 11.8 Å². The molecule has 8 heteroatoms. The van der Waals surface area contributed by atoms with E-state index < -0.39 is 6.36 Å². The van der Waals surface area contributed by atoms with Crippen LogP contribution in [-0.4, -0.2) is 37.4 Å². The molecule has 0 bridgehead atoms. The van der Waals surface area contributed by atoms with E-state index in [4.69, 9.17) is 0 Å². The van der Waals surface area contributed by atoms with Crippen molar-refractivity contribution in [1.82, 2.24) is 10.2 Å². The molecular formula is C18H17Br2F3N2O. The number of ether oxygens (including phenoxy) is 1. The summed E-state index contributed by atoms with van der Waals surface area (Å²) >= 11 is 7.12. The van der Waals surface area contributed by atoms with Crippen LogP contribution in [0.5, 0.6) is 5.75 Å². The lowest BCUT2D eigenvalue weighted by atomic mass is 9.96. The first kappa shape index (κ1) is 19.7. The van der Waals surface area contributed by atoms with Crippen molar-refractivity contribution in [2.45, 2.75) is 12.4 Å². The number of benzene rings is 2. The molecular weight excluding hydrogens is 477 g/mol. The van der Waals surface area contributed by atoms with Crippen LogP contribution in [0.25, 0.3) is 0 Å². The summed E-state index contributed by atoms with van der Waals surface area (Å²) in [7, 11) is 0. The van der Waals surface area contributed by atoms with Gasteiger partial charge in [-0.15, -0.1) is 13.2 Å². The van der Waals surface area contributed by atoms with Gasteiger partial charge in [-0.1, -0.05) is 44.0 Å². The molecule has 1 saturated heterocycles. The van der Waals surface area contributed by atoms with Gasteiger partial charge in [-0.25, -0.2) is 0 Å². The topological polar surface area (TPSA) is 24.5 Å². The predicted octanol–water partition coefficient (Wildman–Crippen LogP) is 5.10. The van der Waals surface area contributed by atoms with Gasteiger partial charge in [-0.3, -0.25) is 4.90 Å². The Morgan fingerprint density at radius 2 is 1.65 bits per heavy atom. The molecule has 0 spiro atoms. The zero-order valence-corrected chi connectivity index (χ0v) is 16.9. The highest BCUT2D eigenvalue weighted by Crippen LogP contribution is 2.36. The Hall–Kier alpha value is -1.09. The lowest BCUT2D eigenvalue weighted by molar-refractivity contribution is -0.274. The van der Waals surface area contributed by atoms with E-state index in [1.165, 1.54) is 12.1 Å². The van der Waals surface area contributed by atoms with Crippen LogP contribution >= 0.6 is 31.9 Å². The summed E-state index contributed by atoms with van der Waals surface area (Å²) in [6.45, 7) is 3.45. The van der Waals surface area contributed by atoms with Gasteiger partial charge in [0.05, 0.1) is 6.04 Å². The Bertz CT molecular complexity index is 747. The molecule has 1 aliphatic heterocycles. The molecule has 0 saturated carbocycles. The van der Waals surface area contributed by atoms with Crippen LogP contribution < -0.4 is 10.1 Å². The average molecular weight is 494 g/mol. The van der Waals surface area contributed by atoms with E-state index in [1.54, 1.807) is 12.1 Å². The molecule has 3 rings (SSSR count). The van der Waals surface area contributed by atoms with Crippen molar-refractivity contribution in [3.63, 3.8) is 0 Å². The standard InChI is InChI=1S/C18H17Br2F3N2O/c19-13-3-6-16(20)15(11-13)17(25-9-7-24-8-10-25)12-1-4-14(5-2-12)26-18(21,22)23/h1-6,11,17,24H,7-10H2/t17-/m1/s1. The Balaban J connectivity index is 1.96. The van der Waals surface area contributed by atoms with Crippen molar-refractivity contribution in [3.8, 4) is 5.75 Å². The highest BCUT2D eigenvalue weighted by molar-refractivity contribution is 9.11. The lowest BCUT2D eigenvalue weighted by Gasteiger charge is -2.36. The van der Waals surface area contributed by atoms with E-state index in [9.17, 15) is 13.2 Å². The minimum Gasteiger partial charge on any atom is -0.406 e. The molecule has 0 amide bonds. The van der Waals surface area contributed by atoms with E-state index in [0.717, 1.165) is 46.3 Å². The van der Waals surface area contributed by atoms with Crippen LogP contribution in [0.1, 0.15) is 17.2 Å². The third kappa shape index (κ3) is 5.00. The maximum absolute atomic E-state index is 12.4. The molecule has 0 aliphatic carbocycles. The third-order valence-electron chi connectivity index (χ3n) is 4.20. The average Bonchev–Trinajstić information content (AvgIpc) is 2.59. The zero-order valence-electron chi connectivity index (χ0n) is 13.7. The maximum atomic E-state index is 12.4. The smallest absolute Gasteiger partial charge is 0.406 e. The molecule has 2 aromatic carbocycles. The second kappa shape index (κ2) is 8.29. The molecule has 1 heterocycles. The summed E-state index contributed by atoms with van der Waals surface area (Å²) in [5.41, 5.74) is 1.98. The molecule has 0 aromatic heterocycles. The number of alkyl halides is 3. The van der Waals surface area contributed by atoms with Crippen LogP contribution in [0.2, 0.25) is 0 Å². The number of hydrogen-bond acceptors (Lipinski definition) is 3. The van der Waals surface area contributed by atoms with E-state index in [0.29, 0.717) is 0 Å². The van der Waals surface area contributed by atoms with Crippen molar-refractivity contribution in [1.29, 1.82) is 0 Å². The molecule has 140 valence electrons. The number of nitrogens with zero attached hydrogens (tertiary/aromatic N) is 1. The molecule has 3 nitrogen and oxygen atoms in total. The first-order valence-corrected chi connectivity index (χ1v) is 9.67. The second-order valence-corrected chi connectivity index (χ2v) is 7.74. The number of nitrogens with one attached hydrogen (secondary N) is 1. The van der Waals surface area contributed by atoms with E-state index in [1.807, 2.05) is 18.2 Å². The second-order valence-electron chi connectivity index (χ2n) is 5.97. The maximum Gasteiger partial charge on any atom is 0.573 e. The van der Waals surface area contributed by atoms with Crippen LogP contribution in [0, 0.1) is 0 Å². The molecule has 2 aromatic rings. The Kier molecular flexibility index (Phi) is 6.27. The number of rotatable bonds is 4. The Morgan fingerprint density at radius 3 is 2.27 bits per heavy atom. The molecule has 1 atom stereocenters. The summed E-state index contributed by atoms with van der Waals surface area (Å²) in [6.07, 6.45) is -4.69. The normalized spacial score (nSPS) is 17.1. The van der Waals surface area contributed by atoms with Gasteiger partial charge in [0.25, 0.3) is 0 Å². The van der Waals surface area contributed by atoms with Gasteiger partial charge >= 0.3 is 6.36 Å². The third-order valence-corrected chi connectivity index (χ3v) is 5.41. The van der Waals surface area contributed by atoms with Gasteiger partial charge in [0.1, 0.15) is 5.75 Å². The predicted molar refractivity (Wildman–Crippen MR) is 101 cm³/mol. The van der Waals surface area contributed by atoms with Crippen molar-refractivity contribution in [2.75, 3.05) is 26.2 Å². The first-order chi connectivity index (χ1) is 12.3. The van der Waals surface area contributed by atoms with Crippen molar-refractivity contribution in [3.05, 3.63) is 62.5 Å². The zero-order chi connectivity index (χ0) is 18.7. The summed E-state index contributed by atoms with van der Waals surface area (Å²) < 4.78 is 43.1. The molecule has 0 unspecified atom stereocenters. The van der Waals surface area contributed by atoms with E-state index in [2.05, 4.69) is 46.8 Å². The van der Waals surface area contributed by atoms with Crippen LogP contribution in [0.15, 0.2) is 51.4 Å². The van der Waals surface area contributed by atoms with Gasteiger partial charge in [0.15, 0.2) is 0 Å². The molecule has 1 aliphatic rings. The minimum absolute atomic E-state index is 0.0658. The Labute approximate surface area is 166 Å². The highest BCUT2D eigenvalue weighted by Gasteiger charge is 2.31. The number of hydrogen-bond donors (Lipinski definition) is 1. The molecule has 0 radical (unpaired) electrons. The summed E-state index contributed by atoms with van der Waals surface area (Å²) in [5, 5.41) is 3.33. The van der Waals surface area contributed by atoms with Crippen LogP contribution in [0.3, 0.4) is 0 Å². The lowest BCUT2D eigenvalue weighted by Crippen LogP contribution is -2.45. The summed E-state index contributed by atoms with van der Waals surface area (Å²) in [6, 6.07) is 12.0. The first-order valence-electron chi connectivity index (χ1n) is 8.09. The van der Waals surface area contributed by atoms with Gasteiger partial charge in [0.2, 0.25) is 0 Å². The van der Waals surface area contributed by atoms with Gasteiger partial charge < -0.3 is 10.1 Å². The quantitative estimate of drug-likeness (QED) is 0.640. The van der Waals surface area contributed by atoms with E-state index >= 15 is 0 Å². The van der Waals surface area contributed by atoms with Crippen molar-refractivity contribution >= 4 is 31.9 Å². The molecule has 1 fully saturated rings. The fourth-order valence-corrected chi connectivity index (χ4v) is 3.95.